The van der Waals surface area contributed by atoms with Gasteiger partial charge < -0.3 is 10.1 Å². The Bertz CT molecular complexity index is 175. The van der Waals surface area contributed by atoms with Gasteiger partial charge >= 0.3 is 0 Å². The summed E-state index contributed by atoms with van der Waals surface area (Å²) < 4.78 is 5.11. The number of hydrogen-bond donors (Lipinski definition) is 1. The molecule has 1 unspecified atom stereocenters. The second kappa shape index (κ2) is 5.80. The Hall–Kier alpha value is -0.160. The molecule has 0 aromatic carbocycles. The quantitative estimate of drug-likeness (QED) is 0.688. The van der Waals surface area contributed by atoms with Crippen LogP contribution >= 0.6 is 0 Å². The Labute approximate surface area is 92.6 Å². The lowest BCUT2D eigenvalue weighted by molar-refractivity contribution is 0.0790. The SMILES string of the molecule is COCCN1CCN(C2CCNC2)CC1. The molecular formula is C11H23N3O. The molecule has 0 aliphatic carbocycles. The van der Waals surface area contributed by atoms with Crippen LogP contribution < -0.4 is 5.32 Å². The third-order valence-electron chi connectivity index (χ3n) is 3.57. The number of methoxy groups -OCH3 is 1. The van der Waals surface area contributed by atoms with Crippen molar-refractivity contribution in [2.45, 2.75) is 12.5 Å². The van der Waals surface area contributed by atoms with Gasteiger partial charge in [-0.2, -0.15) is 0 Å². The first kappa shape index (κ1) is 11.3. The first-order chi connectivity index (χ1) is 7.40. The topological polar surface area (TPSA) is 27.7 Å². The highest BCUT2D eigenvalue weighted by Crippen LogP contribution is 2.11. The minimum atomic E-state index is 0.801. The van der Waals surface area contributed by atoms with Crippen LogP contribution in [0.2, 0.25) is 0 Å². The van der Waals surface area contributed by atoms with Gasteiger partial charge in [0.15, 0.2) is 0 Å². The minimum Gasteiger partial charge on any atom is -0.383 e. The zero-order chi connectivity index (χ0) is 10.5. The first-order valence-corrected chi connectivity index (χ1v) is 6.06. The second-order valence-corrected chi connectivity index (χ2v) is 4.52. The molecule has 4 nitrogen and oxygen atoms in total. The van der Waals surface area contributed by atoms with E-state index < -0.39 is 0 Å². The average molecular weight is 213 g/mol. The van der Waals surface area contributed by atoms with E-state index in [1.165, 1.54) is 45.7 Å². The number of hydrogen-bond acceptors (Lipinski definition) is 4. The van der Waals surface area contributed by atoms with Crippen LogP contribution in [0.5, 0.6) is 0 Å². The molecule has 0 aromatic heterocycles. The molecule has 1 N–H and O–H groups in total. The number of piperazine rings is 1. The van der Waals surface area contributed by atoms with Gasteiger partial charge in [-0.3, -0.25) is 9.80 Å². The van der Waals surface area contributed by atoms with Crippen molar-refractivity contribution in [3.8, 4) is 0 Å². The molecule has 2 aliphatic rings. The highest BCUT2D eigenvalue weighted by molar-refractivity contribution is 4.84. The molecular weight excluding hydrogens is 190 g/mol. The maximum Gasteiger partial charge on any atom is 0.0589 e. The molecule has 0 bridgehead atoms. The van der Waals surface area contributed by atoms with Crippen molar-refractivity contribution in [2.75, 3.05) is 59.5 Å². The number of nitrogens with zero attached hydrogens (tertiary/aromatic N) is 2. The van der Waals surface area contributed by atoms with Gasteiger partial charge in [0, 0.05) is 52.4 Å². The molecule has 4 heteroatoms. The molecule has 88 valence electrons. The van der Waals surface area contributed by atoms with Crippen LogP contribution in [-0.2, 0) is 4.74 Å². The van der Waals surface area contributed by atoms with Crippen molar-refractivity contribution in [1.82, 2.24) is 15.1 Å². The summed E-state index contributed by atoms with van der Waals surface area (Å²) in [6, 6.07) is 0.801. The monoisotopic (exact) mass is 213 g/mol. The van der Waals surface area contributed by atoms with Crippen LogP contribution in [-0.4, -0.2) is 75.4 Å². The van der Waals surface area contributed by atoms with Gasteiger partial charge in [-0.1, -0.05) is 0 Å². The summed E-state index contributed by atoms with van der Waals surface area (Å²) in [5.74, 6) is 0. The number of rotatable bonds is 4. The summed E-state index contributed by atoms with van der Waals surface area (Å²) in [5, 5.41) is 3.44. The van der Waals surface area contributed by atoms with Crippen molar-refractivity contribution in [3.05, 3.63) is 0 Å². The zero-order valence-corrected chi connectivity index (χ0v) is 9.74. The summed E-state index contributed by atoms with van der Waals surface area (Å²) in [7, 11) is 1.78. The van der Waals surface area contributed by atoms with E-state index in [1.54, 1.807) is 7.11 Å². The molecule has 0 spiro atoms. The summed E-state index contributed by atoms with van der Waals surface area (Å²) in [6.07, 6.45) is 1.33. The molecule has 0 radical (unpaired) electrons. The van der Waals surface area contributed by atoms with Crippen LogP contribution in [0.15, 0.2) is 0 Å². The van der Waals surface area contributed by atoms with Crippen LogP contribution in [0.4, 0.5) is 0 Å². The fraction of sp³-hybridized carbons (Fsp3) is 1.00. The number of nitrogens with one attached hydrogen (secondary N) is 1. The third-order valence-corrected chi connectivity index (χ3v) is 3.57. The average Bonchev–Trinajstić information content (AvgIpc) is 2.80. The van der Waals surface area contributed by atoms with E-state index in [0.717, 1.165) is 19.2 Å². The smallest absolute Gasteiger partial charge is 0.0589 e. The van der Waals surface area contributed by atoms with E-state index in [0.29, 0.717) is 0 Å². The van der Waals surface area contributed by atoms with E-state index in [-0.39, 0.29) is 0 Å². The Morgan fingerprint density at radius 3 is 2.67 bits per heavy atom. The van der Waals surface area contributed by atoms with Gasteiger partial charge in [-0.15, -0.1) is 0 Å². The van der Waals surface area contributed by atoms with E-state index in [2.05, 4.69) is 15.1 Å². The molecule has 2 saturated heterocycles. The molecule has 15 heavy (non-hydrogen) atoms. The maximum absolute atomic E-state index is 5.11. The van der Waals surface area contributed by atoms with E-state index in [4.69, 9.17) is 4.74 Å². The first-order valence-electron chi connectivity index (χ1n) is 6.06. The van der Waals surface area contributed by atoms with E-state index in [9.17, 15) is 0 Å². The minimum absolute atomic E-state index is 0.801. The maximum atomic E-state index is 5.11. The largest absolute Gasteiger partial charge is 0.383 e. The molecule has 2 heterocycles. The lowest BCUT2D eigenvalue weighted by Crippen LogP contribution is -2.51. The normalized spacial score (nSPS) is 29.8. The van der Waals surface area contributed by atoms with Crippen molar-refractivity contribution in [3.63, 3.8) is 0 Å². The van der Waals surface area contributed by atoms with Crippen LogP contribution in [0.1, 0.15) is 6.42 Å². The fourth-order valence-electron chi connectivity index (χ4n) is 2.52. The van der Waals surface area contributed by atoms with Crippen LogP contribution in [0.3, 0.4) is 0 Å². The summed E-state index contributed by atoms with van der Waals surface area (Å²) in [4.78, 5) is 5.14. The van der Waals surface area contributed by atoms with Gasteiger partial charge in [-0.25, -0.2) is 0 Å². The fourth-order valence-corrected chi connectivity index (χ4v) is 2.52. The summed E-state index contributed by atoms with van der Waals surface area (Å²) in [6.45, 7) is 9.23. The van der Waals surface area contributed by atoms with E-state index in [1.807, 2.05) is 0 Å². The van der Waals surface area contributed by atoms with Gasteiger partial charge in [0.2, 0.25) is 0 Å². The van der Waals surface area contributed by atoms with Crippen molar-refractivity contribution in [1.29, 1.82) is 0 Å². The lowest BCUT2D eigenvalue weighted by atomic mass is 10.2. The molecule has 2 fully saturated rings. The molecule has 2 aliphatic heterocycles. The van der Waals surface area contributed by atoms with Gasteiger partial charge in [0.1, 0.15) is 0 Å². The second-order valence-electron chi connectivity index (χ2n) is 4.52. The van der Waals surface area contributed by atoms with Crippen molar-refractivity contribution in [2.24, 2.45) is 0 Å². The summed E-state index contributed by atoms with van der Waals surface area (Å²) >= 11 is 0. The summed E-state index contributed by atoms with van der Waals surface area (Å²) in [5.41, 5.74) is 0. The van der Waals surface area contributed by atoms with E-state index >= 15 is 0 Å². The molecule has 0 amide bonds. The standard InChI is InChI=1S/C11H23N3O/c1-15-9-8-13-4-6-14(7-5-13)11-2-3-12-10-11/h11-12H,2-10H2,1H3. The third kappa shape index (κ3) is 3.14. The predicted octanol–water partition coefficient (Wildman–Crippen LogP) is -0.388. The Kier molecular flexibility index (Phi) is 4.38. The highest BCUT2D eigenvalue weighted by atomic mass is 16.5. The van der Waals surface area contributed by atoms with Crippen molar-refractivity contribution < 1.29 is 4.74 Å². The molecule has 0 aromatic rings. The number of ether oxygens (including phenoxy) is 1. The lowest BCUT2D eigenvalue weighted by Gasteiger charge is -2.37. The molecule has 1 atom stereocenters. The Morgan fingerprint density at radius 1 is 1.27 bits per heavy atom. The highest BCUT2D eigenvalue weighted by Gasteiger charge is 2.25. The van der Waals surface area contributed by atoms with Crippen LogP contribution in [0.25, 0.3) is 0 Å². The Balaban J connectivity index is 1.67. The van der Waals surface area contributed by atoms with Gasteiger partial charge in [0.25, 0.3) is 0 Å². The molecule has 2 rings (SSSR count). The predicted molar refractivity (Wildman–Crippen MR) is 61.2 cm³/mol. The van der Waals surface area contributed by atoms with Gasteiger partial charge in [0.05, 0.1) is 6.61 Å². The zero-order valence-electron chi connectivity index (χ0n) is 9.74. The molecule has 0 saturated carbocycles. The Morgan fingerprint density at radius 2 is 2.07 bits per heavy atom. The van der Waals surface area contributed by atoms with Crippen molar-refractivity contribution >= 4 is 0 Å². The van der Waals surface area contributed by atoms with Gasteiger partial charge in [-0.05, 0) is 13.0 Å². The van der Waals surface area contributed by atoms with Crippen LogP contribution in [0, 0.1) is 0 Å².